The maximum absolute atomic E-state index is 13.2. The molecule has 1 atom stereocenters. The van der Waals surface area contributed by atoms with Crippen LogP contribution >= 0.6 is 0 Å². The molecule has 1 N–H and O–H groups in total. The van der Waals surface area contributed by atoms with Crippen molar-refractivity contribution in [2.45, 2.75) is 31.8 Å². The van der Waals surface area contributed by atoms with Gasteiger partial charge >= 0.3 is 0 Å². The van der Waals surface area contributed by atoms with Gasteiger partial charge in [-0.25, -0.2) is 23.5 Å². The summed E-state index contributed by atoms with van der Waals surface area (Å²) in [7, 11) is 1.86. The van der Waals surface area contributed by atoms with Crippen LogP contribution in [0.2, 0.25) is 0 Å². The first kappa shape index (κ1) is 25.8. The summed E-state index contributed by atoms with van der Waals surface area (Å²) >= 11 is 0. The average Bonchev–Trinajstić information content (AvgIpc) is 3.13. The largest absolute Gasteiger partial charge is 0.324 e. The lowest BCUT2D eigenvalue weighted by molar-refractivity contribution is 0.268. The van der Waals surface area contributed by atoms with Gasteiger partial charge in [0.15, 0.2) is 17.3 Å². The van der Waals surface area contributed by atoms with Crippen LogP contribution in [0.5, 0.6) is 0 Å². The molecule has 0 radical (unpaired) electrons. The number of hydrogen-bond acceptors (Lipinski definition) is 8. The number of pyridine rings is 1. The smallest absolute Gasteiger partial charge is 0.278 e. The molecule has 0 saturated carbocycles. The van der Waals surface area contributed by atoms with E-state index in [0.717, 1.165) is 24.9 Å². The predicted molar refractivity (Wildman–Crippen MR) is 152 cm³/mol. The summed E-state index contributed by atoms with van der Waals surface area (Å²) in [5, 5.41) is 3.67. The molecule has 1 aromatic carbocycles. The molecule has 5 rings (SSSR count). The van der Waals surface area contributed by atoms with Crippen LogP contribution in [-0.4, -0.2) is 66.1 Å². The number of anilines is 2. The maximum atomic E-state index is 13.2. The highest BCUT2D eigenvalue weighted by molar-refractivity contribution is 7.92. The van der Waals surface area contributed by atoms with Crippen molar-refractivity contribution in [2.75, 3.05) is 31.9 Å². The zero-order valence-electron chi connectivity index (χ0n) is 22.1. The number of allylic oxidation sites excluding steroid dienone is 1. The number of hydrogen-bond donors (Lipinski definition) is 1. The molecule has 0 saturated heterocycles. The Labute approximate surface area is 222 Å². The molecule has 198 valence electrons. The molecule has 38 heavy (non-hydrogen) atoms. The van der Waals surface area contributed by atoms with Gasteiger partial charge in [0.05, 0.1) is 6.54 Å². The van der Waals surface area contributed by atoms with Gasteiger partial charge < -0.3 is 10.2 Å². The number of likely N-dealkylation sites (N-methyl/N-ethyl adjacent to an activating group) is 1. The standard InChI is InChI=1S/C27H32N8O2S/c1-6-14-34-26(36)22-17-28-27(29-20-12-10-19-16-21(33(2)3)13-11-18(19)15-20)31-25(22)35(34)24-9-7-8-23(30-24)32-38(4,5)37/h6-10,12,15,17,21H,1,11,13-14,16H2,2-5H3,(H,28,29,31). The van der Waals surface area contributed by atoms with Gasteiger partial charge in [0.25, 0.3) is 5.56 Å². The number of nitrogens with one attached hydrogen (secondary N) is 1. The number of aromatic nitrogens is 5. The highest BCUT2D eigenvalue weighted by Crippen LogP contribution is 2.27. The molecule has 0 bridgehead atoms. The first-order chi connectivity index (χ1) is 18.1. The van der Waals surface area contributed by atoms with Crippen LogP contribution < -0.4 is 10.9 Å². The van der Waals surface area contributed by atoms with Gasteiger partial charge in [-0.1, -0.05) is 18.2 Å². The molecule has 4 aromatic rings. The highest BCUT2D eigenvalue weighted by atomic mass is 32.2. The van der Waals surface area contributed by atoms with Crippen LogP contribution in [0.1, 0.15) is 17.5 Å². The number of rotatable bonds is 7. The lowest BCUT2D eigenvalue weighted by Gasteiger charge is -2.30. The van der Waals surface area contributed by atoms with E-state index in [4.69, 9.17) is 4.98 Å². The third-order valence-electron chi connectivity index (χ3n) is 6.62. The molecule has 10 nitrogen and oxygen atoms in total. The van der Waals surface area contributed by atoms with Crippen molar-refractivity contribution in [3.8, 4) is 5.82 Å². The molecule has 1 aliphatic carbocycles. The summed E-state index contributed by atoms with van der Waals surface area (Å²) in [6, 6.07) is 12.1. The fourth-order valence-electron chi connectivity index (χ4n) is 4.80. The van der Waals surface area contributed by atoms with Gasteiger partial charge in [0, 0.05) is 40.2 Å². The van der Waals surface area contributed by atoms with E-state index in [1.54, 1.807) is 41.5 Å². The van der Waals surface area contributed by atoms with Gasteiger partial charge in [-0.2, -0.15) is 9.35 Å². The van der Waals surface area contributed by atoms with E-state index in [9.17, 15) is 9.00 Å². The Morgan fingerprint density at radius 1 is 1.21 bits per heavy atom. The zero-order valence-corrected chi connectivity index (χ0v) is 22.9. The molecular weight excluding hydrogens is 500 g/mol. The normalized spacial score (nSPS) is 15.4. The molecule has 3 aromatic heterocycles. The number of fused-ring (bicyclic) bond motifs is 2. The van der Waals surface area contributed by atoms with E-state index in [1.165, 1.54) is 22.0 Å². The van der Waals surface area contributed by atoms with Crippen LogP contribution in [0.25, 0.3) is 16.9 Å². The van der Waals surface area contributed by atoms with Crippen LogP contribution in [0.4, 0.5) is 17.5 Å². The minimum Gasteiger partial charge on any atom is -0.324 e. The number of benzene rings is 1. The zero-order chi connectivity index (χ0) is 27.0. The molecule has 0 amide bonds. The van der Waals surface area contributed by atoms with Crippen LogP contribution in [0.15, 0.2) is 64.4 Å². The second kappa shape index (κ2) is 10.1. The van der Waals surface area contributed by atoms with Gasteiger partial charge in [0.2, 0.25) is 5.95 Å². The lowest BCUT2D eigenvalue weighted by atomic mass is 9.87. The van der Waals surface area contributed by atoms with E-state index in [0.29, 0.717) is 34.7 Å². The summed E-state index contributed by atoms with van der Waals surface area (Å²) in [5.74, 6) is 1.11. The van der Waals surface area contributed by atoms with E-state index in [-0.39, 0.29) is 12.1 Å². The Hall–Kier alpha value is -3.83. The molecule has 0 fully saturated rings. The summed E-state index contributed by atoms with van der Waals surface area (Å²) in [6.07, 6.45) is 9.44. The van der Waals surface area contributed by atoms with Gasteiger partial charge in [0.1, 0.15) is 5.39 Å². The molecule has 1 aliphatic rings. The lowest BCUT2D eigenvalue weighted by Crippen LogP contribution is -2.33. The van der Waals surface area contributed by atoms with Crippen molar-refractivity contribution in [1.82, 2.24) is 29.2 Å². The molecular formula is C27H32N8O2S. The molecule has 0 aliphatic heterocycles. The van der Waals surface area contributed by atoms with E-state index in [2.05, 4.69) is 57.4 Å². The topological polar surface area (TPSA) is 110 Å². The second-order valence-corrected chi connectivity index (χ2v) is 12.6. The minimum atomic E-state index is -2.41. The second-order valence-electron chi connectivity index (χ2n) is 10.0. The SMILES string of the molecule is C=CCn1c(=O)c2cnc(Nc3ccc4c(c3)CCC(N(C)C)C4)nc2n1-c1cccc(N=S(C)(C)=O)n1. The Bertz CT molecular complexity index is 1700. The van der Waals surface area contributed by atoms with Crippen molar-refractivity contribution < 1.29 is 4.21 Å². The number of aryl methyl sites for hydroxylation is 1. The summed E-state index contributed by atoms with van der Waals surface area (Å²) in [5.41, 5.74) is 3.74. The third kappa shape index (κ3) is 5.25. The fraction of sp³-hybridized carbons (Fsp3) is 0.333. The Balaban J connectivity index is 1.55. The minimum absolute atomic E-state index is 0.248. The molecule has 0 spiro atoms. The number of nitrogens with zero attached hydrogens (tertiary/aromatic N) is 7. The molecule has 3 heterocycles. The van der Waals surface area contributed by atoms with E-state index < -0.39 is 9.73 Å². The summed E-state index contributed by atoms with van der Waals surface area (Å²) in [4.78, 5) is 29.2. The summed E-state index contributed by atoms with van der Waals surface area (Å²) in [6.45, 7) is 4.04. The Morgan fingerprint density at radius 3 is 2.76 bits per heavy atom. The third-order valence-corrected chi connectivity index (χ3v) is 7.25. The first-order valence-corrected chi connectivity index (χ1v) is 14.8. The van der Waals surface area contributed by atoms with Crippen molar-refractivity contribution in [3.63, 3.8) is 0 Å². The fourth-order valence-corrected chi connectivity index (χ4v) is 5.35. The van der Waals surface area contributed by atoms with Gasteiger partial charge in [-0.05, 0) is 68.8 Å². The molecule has 11 heteroatoms. The monoisotopic (exact) mass is 532 g/mol. The van der Waals surface area contributed by atoms with Crippen molar-refractivity contribution in [1.29, 1.82) is 0 Å². The van der Waals surface area contributed by atoms with E-state index in [1.807, 2.05) is 6.07 Å². The van der Waals surface area contributed by atoms with Crippen molar-refractivity contribution in [3.05, 3.63) is 76.7 Å². The first-order valence-electron chi connectivity index (χ1n) is 12.4. The maximum Gasteiger partial charge on any atom is 0.278 e. The quantitative estimate of drug-likeness (QED) is 0.362. The van der Waals surface area contributed by atoms with Gasteiger partial charge in [-0.15, -0.1) is 6.58 Å². The van der Waals surface area contributed by atoms with Gasteiger partial charge in [-0.3, -0.25) is 4.79 Å². The Kier molecular flexibility index (Phi) is 6.89. The van der Waals surface area contributed by atoms with Crippen molar-refractivity contribution >= 4 is 38.2 Å². The highest BCUT2D eigenvalue weighted by Gasteiger charge is 2.21. The average molecular weight is 533 g/mol. The molecule has 1 unspecified atom stereocenters. The van der Waals surface area contributed by atoms with Crippen LogP contribution in [-0.2, 0) is 29.1 Å². The summed E-state index contributed by atoms with van der Waals surface area (Å²) < 4.78 is 19.6. The van der Waals surface area contributed by atoms with Crippen LogP contribution in [0.3, 0.4) is 0 Å². The predicted octanol–water partition coefficient (Wildman–Crippen LogP) is 3.68. The van der Waals surface area contributed by atoms with E-state index >= 15 is 0 Å². The Morgan fingerprint density at radius 2 is 2.03 bits per heavy atom. The van der Waals surface area contributed by atoms with Crippen molar-refractivity contribution in [2.24, 2.45) is 4.36 Å². The van der Waals surface area contributed by atoms with Crippen LogP contribution in [0, 0.1) is 0 Å².